The van der Waals surface area contributed by atoms with Gasteiger partial charge in [-0.15, -0.1) is 5.10 Å². The number of halogens is 4. The molecule has 0 saturated carbocycles. The molecule has 0 aliphatic rings. The molecule has 1 amide bonds. The van der Waals surface area contributed by atoms with Crippen molar-refractivity contribution in [2.24, 2.45) is 0 Å². The number of sulfone groups is 1. The van der Waals surface area contributed by atoms with Crippen molar-refractivity contribution in [2.75, 3.05) is 31.9 Å². The van der Waals surface area contributed by atoms with E-state index in [2.05, 4.69) is 15.4 Å². The zero-order valence-corrected chi connectivity index (χ0v) is 29.0. The zero-order valence-electron chi connectivity index (χ0n) is 28.2. The number of nitrogens with zero attached hydrogens (tertiary/aromatic N) is 4. The van der Waals surface area contributed by atoms with Crippen LogP contribution in [0.25, 0.3) is 16.8 Å². The molecular weight excluding hydrogens is 710 g/mol. The van der Waals surface area contributed by atoms with Crippen LogP contribution in [0.5, 0.6) is 5.75 Å². The number of Topliss-reactive ketones (excluding diaryl/α,β-unsaturated/α-hetero) is 1. The Morgan fingerprint density at radius 2 is 1.60 bits per heavy atom. The third kappa shape index (κ3) is 9.55. The Bertz CT molecular complexity index is 2190. The normalized spacial score (nSPS) is 12.1. The largest absolute Gasteiger partial charge is 0.495 e. The van der Waals surface area contributed by atoms with Crippen LogP contribution in [0, 0.1) is 5.82 Å². The van der Waals surface area contributed by atoms with Gasteiger partial charge in [-0.2, -0.15) is 18.2 Å². The quantitative estimate of drug-likeness (QED) is 0.168. The number of rotatable bonds is 11. The lowest BCUT2D eigenvalue weighted by molar-refractivity contribution is -0.192. The molecule has 5 aromatic rings. The van der Waals surface area contributed by atoms with Gasteiger partial charge in [0.05, 0.1) is 24.2 Å². The van der Waals surface area contributed by atoms with Crippen LogP contribution < -0.4 is 15.0 Å². The number of anilines is 2. The van der Waals surface area contributed by atoms with E-state index in [9.17, 15) is 35.6 Å². The first-order chi connectivity index (χ1) is 24.4. The van der Waals surface area contributed by atoms with Gasteiger partial charge in [-0.1, -0.05) is 43.3 Å². The van der Waals surface area contributed by atoms with Crippen molar-refractivity contribution in [3.8, 4) is 16.9 Å². The molecule has 2 heterocycles. The van der Waals surface area contributed by atoms with E-state index in [1.54, 1.807) is 36.0 Å². The van der Waals surface area contributed by atoms with Gasteiger partial charge in [-0.25, -0.2) is 27.0 Å². The summed E-state index contributed by atoms with van der Waals surface area (Å²) in [7, 11) is -0.483. The van der Waals surface area contributed by atoms with Crippen molar-refractivity contribution in [3.05, 3.63) is 102 Å². The Hall–Kier alpha value is -5.68. The van der Waals surface area contributed by atoms with Gasteiger partial charge in [-0.3, -0.25) is 9.59 Å². The number of alkyl halides is 3. The maximum atomic E-state index is 13.3. The number of benzene rings is 3. The fourth-order valence-electron chi connectivity index (χ4n) is 4.90. The van der Waals surface area contributed by atoms with Crippen LogP contribution in [0.15, 0.2) is 90.0 Å². The molecule has 0 fully saturated rings. The summed E-state index contributed by atoms with van der Waals surface area (Å²) in [6.45, 7) is 1.79. The number of likely N-dealkylation sites (N-methyl/N-ethyl adjacent to an activating group) is 1. The summed E-state index contributed by atoms with van der Waals surface area (Å²) >= 11 is 0. The number of aromatic nitrogens is 3. The van der Waals surface area contributed by atoms with E-state index in [0.717, 1.165) is 28.5 Å². The van der Waals surface area contributed by atoms with Crippen molar-refractivity contribution in [1.29, 1.82) is 0 Å². The summed E-state index contributed by atoms with van der Waals surface area (Å²) in [4.78, 5) is 40.9. The summed E-state index contributed by atoms with van der Waals surface area (Å²) in [5, 5.41) is 14.5. The lowest BCUT2D eigenvalue weighted by Gasteiger charge is -2.21. The van der Waals surface area contributed by atoms with E-state index in [4.69, 9.17) is 14.6 Å². The van der Waals surface area contributed by atoms with Gasteiger partial charge in [-0.05, 0) is 60.1 Å². The highest BCUT2D eigenvalue weighted by molar-refractivity contribution is 7.90. The van der Waals surface area contributed by atoms with Crippen LogP contribution in [-0.4, -0.2) is 78.9 Å². The second-order valence-corrected chi connectivity index (χ2v) is 13.4. The van der Waals surface area contributed by atoms with E-state index in [1.807, 2.05) is 37.3 Å². The summed E-state index contributed by atoms with van der Waals surface area (Å²) in [6.07, 6.45) is -1.96. The monoisotopic (exact) mass is 743 g/mol. The number of methoxy groups -OCH3 is 1. The number of carboxylic acids is 1. The number of ketones is 1. The topological polar surface area (TPSA) is 160 Å². The molecule has 3 aromatic carbocycles. The lowest BCUT2D eigenvalue weighted by Crippen LogP contribution is -2.34. The SMILES string of the molecule is CNCC(=O)N(c1nc2ccc(-c3ccc(CC(=O)[C@H](C)c4ccc(F)cc4)cc3)cn2n1)c1ccc(S(C)(=O)=O)cc1OC.O=C(O)C(F)(F)F. The van der Waals surface area contributed by atoms with E-state index in [-0.39, 0.29) is 53.0 Å². The predicted molar refractivity (Wildman–Crippen MR) is 183 cm³/mol. The van der Waals surface area contributed by atoms with Crippen molar-refractivity contribution in [2.45, 2.75) is 30.3 Å². The number of ether oxygens (including phenoxy) is 1. The van der Waals surface area contributed by atoms with Crippen molar-refractivity contribution < 1.29 is 50.2 Å². The Morgan fingerprint density at radius 1 is 0.981 bits per heavy atom. The Kier molecular flexibility index (Phi) is 12.1. The molecule has 0 spiro atoms. The first-order valence-electron chi connectivity index (χ1n) is 15.3. The summed E-state index contributed by atoms with van der Waals surface area (Å²) < 4.78 is 76.2. The second-order valence-electron chi connectivity index (χ2n) is 11.4. The van der Waals surface area contributed by atoms with Gasteiger partial charge in [0.15, 0.2) is 15.5 Å². The number of amides is 1. The average molecular weight is 744 g/mol. The molecular formula is C35H33F4N5O7S. The number of pyridine rings is 1. The molecule has 274 valence electrons. The fraction of sp³-hybridized carbons (Fsp3) is 0.229. The van der Waals surface area contributed by atoms with Crippen LogP contribution in [0.2, 0.25) is 0 Å². The molecule has 0 saturated heterocycles. The van der Waals surface area contributed by atoms with Gasteiger partial charge in [0, 0.05) is 36.4 Å². The van der Waals surface area contributed by atoms with Gasteiger partial charge in [0.2, 0.25) is 5.91 Å². The standard InChI is InChI=1S/C33H32FN5O5S.C2HF3O2/c1-21(23-9-12-26(34)13-10-23)29(40)17-22-5-7-24(8-6-22)25-11-16-31-36-33(37-38(31)20-25)39(32(41)19-35-2)28-15-14-27(45(4,42)43)18-30(28)44-3;3-2(4,5)1(6)7/h5-16,18,20-21,35H,17,19H2,1-4H3;(H,6,7)/t21-;/m1./s1. The van der Waals surface area contributed by atoms with Crippen LogP contribution >= 0.6 is 0 Å². The molecule has 0 unspecified atom stereocenters. The van der Waals surface area contributed by atoms with E-state index < -0.39 is 22.0 Å². The minimum Gasteiger partial charge on any atom is -0.495 e. The number of nitrogens with one attached hydrogen (secondary N) is 1. The third-order valence-electron chi connectivity index (χ3n) is 7.68. The number of aliphatic carboxylic acids is 1. The van der Waals surface area contributed by atoms with E-state index >= 15 is 0 Å². The first-order valence-corrected chi connectivity index (χ1v) is 17.2. The molecule has 0 radical (unpaired) electrons. The van der Waals surface area contributed by atoms with Crippen LogP contribution in [0.1, 0.15) is 24.0 Å². The maximum absolute atomic E-state index is 13.3. The first kappa shape index (κ1) is 39.1. The molecule has 12 nitrogen and oxygen atoms in total. The smallest absolute Gasteiger partial charge is 0.490 e. The van der Waals surface area contributed by atoms with Crippen molar-refractivity contribution >= 4 is 44.8 Å². The minimum absolute atomic E-state index is 0.0324. The molecule has 2 N–H and O–H groups in total. The molecule has 52 heavy (non-hydrogen) atoms. The molecule has 17 heteroatoms. The van der Waals surface area contributed by atoms with Crippen LogP contribution in [0.3, 0.4) is 0 Å². The molecule has 0 aliphatic heterocycles. The number of carbonyl (C=O) groups is 3. The number of carboxylic acid groups (broad SMARTS) is 1. The molecule has 5 rings (SSSR count). The van der Waals surface area contributed by atoms with Gasteiger partial charge in [0.1, 0.15) is 17.3 Å². The highest BCUT2D eigenvalue weighted by Gasteiger charge is 2.38. The average Bonchev–Trinajstić information content (AvgIpc) is 3.51. The molecule has 1 atom stereocenters. The highest BCUT2D eigenvalue weighted by atomic mass is 32.2. The Balaban J connectivity index is 0.000000785. The summed E-state index contributed by atoms with van der Waals surface area (Å²) in [5.74, 6) is -3.53. The van der Waals surface area contributed by atoms with E-state index in [0.29, 0.717) is 11.3 Å². The van der Waals surface area contributed by atoms with Crippen molar-refractivity contribution in [3.63, 3.8) is 0 Å². The Morgan fingerprint density at radius 3 is 2.15 bits per heavy atom. The molecule has 0 bridgehead atoms. The maximum Gasteiger partial charge on any atom is 0.490 e. The van der Waals surface area contributed by atoms with Crippen LogP contribution in [0.4, 0.5) is 29.2 Å². The molecule has 0 aliphatic carbocycles. The number of fused-ring (bicyclic) bond motifs is 1. The zero-order chi connectivity index (χ0) is 38.4. The van der Waals surface area contributed by atoms with Gasteiger partial charge >= 0.3 is 12.1 Å². The fourth-order valence-corrected chi connectivity index (χ4v) is 5.54. The summed E-state index contributed by atoms with van der Waals surface area (Å²) in [5.41, 5.74) is 4.13. The van der Waals surface area contributed by atoms with Gasteiger partial charge in [0.25, 0.3) is 5.95 Å². The predicted octanol–water partition coefficient (Wildman–Crippen LogP) is 5.38. The van der Waals surface area contributed by atoms with Crippen molar-refractivity contribution in [1.82, 2.24) is 19.9 Å². The number of hydrogen-bond acceptors (Lipinski definition) is 9. The van der Waals surface area contributed by atoms with Crippen LogP contribution in [-0.2, 0) is 30.6 Å². The Labute approximate surface area is 295 Å². The number of hydrogen-bond donors (Lipinski definition) is 2. The van der Waals surface area contributed by atoms with Gasteiger partial charge < -0.3 is 15.2 Å². The second kappa shape index (κ2) is 16.1. The number of carbonyl (C=O) groups excluding carboxylic acids is 2. The van der Waals surface area contributed by atoms with E-state index in [1.165, 1.54) is 42.3 Å². The minimum atomic E-state index is -5.08. The highest BCUT2D eigenvalue weighted by Crippen LogP contribution is 2.35. The molecule has 2 aromatic heterocycles. The summed E-state index contributed by atoms with van der Waals surface area (Å²) in [6, 6.07) is 21.5. The third-order valence-corrected chi connectivity index (χ3v) is 8.79. The lowest BCUT2D eigenvalue weighted by atomic mass is 9.92.